The lowest BCUT2D eigenvalue weighted by Gasteiger charge is -2.24. The van der Waals surface area contributed by atoms with Crippen LogP contribution in [-0.4, -0.2) is 74.9 Å². The van der Waals surface area contributed by atoms with E-state index in [0.717, 1.165) is 38.5 Å². The van der Waals surface area contributed by atoms with Crippen molar-refractivity contribution in [3.8, 4) is 0 Å². The zero-order valence-corrected chi connectivity index (χ0v) is 66.1. The number of carbonyl (C=O) groups is 2. The highest BCUT2D eigenvalue weighted by Gasteiger charge is 2.27. The van der Waals surface area contributed by atoms with E-state index in [-0.39, 0.29) is 25.6 Å². The molecule has 10 heteroatoms. The second kappa shape index (κ2) is 77.2. The number of rotatable bonds is 83. The second-order valence-electron chi connectivity index (χ2n) is 31.3. The van der Waals surface area contributed by atoms with Crippen LogP contribution < -0.4 is 0 Å². The Hall–Kier alpha value is -0.990. The number of likely N-dealkylation sites (N-methyl/N-ethyl adjacent to an activating group) is 1. The van der Waals surface area contributed by atoms with Gasteiger partial charge in [0.15, 0.2) is 6.10 Å². The quantitative estimate of drug-likeness (QED) is 0.0278. The molecule has 0 rings (SSSR count). The summed E-state index contributed by atoms with van der Waals surface area (Å²) in [5, 5.41) is 0. The Morgan fingerprint density at radius 1 is 0.284 bits per heavy atom. The molecule has 1 N–H and O–H groups in total. The highest BCUT2D eigenvalue weighted by atomic mass is 31.2. The van der Waals surface area contributed by atoms with Crippen LogP contribution in [0.4, 0.5) is 0 Å². The number of ether oxygens (including phenoxy) is 2. The Bertz CT molecular complexity index is 1560. The van der Waals surface area contributed by atoms with Crippen molar-refractivity contribution in [1.29, 1.82) is 0 Å². The summed E-state index contributed by atoms with van der Waals surface area (Å²) in [6.45, 7) is 4.55. The van der Waals surface area contributed by atoms with Gasteiger partial charge in [0, 0.05) is 12.8 Å². The number of quaternary nitrogens is 1. The number of carbonyl (C=O) groups excluding carboxylic acids is 2. The van der Waals surface area contributed by atoms with Gasteiger partial charge < -0.3 is 18.9 Å². The van der Waals surface area contributed by atoms with Crippen LogP contribution in [0, 0.1) is 0 Å². The molecule has 2 atom stereocenters. The first-order chi connectivity index (χ1) is 46.5. The number of phosphoric acid groups is 1. The maximum absolute atomic E-state index is 12.9. The van der Waals surface area contributed by atoms with E-state index in [1.165, 1.54) is 417 Å². The van der Waals surface area contributed by atoms with E-state index in [2.05, 4.69) is 13.8 Å². The number of esters is 2. The van der Waals surface area contributed by atoms with Gasteiger partial charge in [0.05, 0.1) is 27.7 Å². The fourth-order valence-electron chi connectivity index (χ4n) is 13.8. The van der Waals surface area contributed by atoms with Crippen LogP contribution in [0.5, 0.6) is 0 Å². The van der Waals surface area contributed by atoms with Crippen LogP contribution in [-0.2, 0) is 32.7 Å². The molecular weight excluding hydrogens is 1190 g/mol. The van der Waals surface area contributed by atoms with E-state index in [1.807, 2.05) is 21.1 Å². The highest BCUT2D eigenvalue weighted by molar-refractivity contribution is 7.47. The van der Waals surface area contributed by atoms with Crippen LogP contribution in [0.25, 0.3) is 0 Å². The monoisotopic (exact) mass is 1370 g/mol. The molecule has 95 heavy (non-hydrogen) atoms. The molecule has 0 saturated carbocycles. The second-order valence-corrected chi connectivity index (χ2v) is 32.8. The third-order valence-corrected chi connectivity index (χ3v) is 21.4. The van der Waals surface area contributed by atoms with Crippen molar-refractivity contribution in [2.75, 3.05) is 47.5 Å². The molecule has 0 heterocycles. The first kappa shape index (κ1) is 94.0. The lowest BCUT2D eigenvalue weighted by molar-refractivity contribution is -0.870. The molecular formula is C85H171NO8P+. The molecule has 0 aliphatic rings. The largest absolute Gasteiger partial charge is 0.472 e. The fourth-order valence-corrected chi connectivity index (χ4v) is 14.5. The number of phosphoric ester groups is 1. The average Bonchev–Trinajstić information content (AvgIpc) is 2.16. The first-order valence-corrected chi connectivity index (χ1v) is 44.8. The van der Waals surface area contributed by atoms with Gasteiger partial charge in [0.2, 0.25) is 0 Å². The van der Waals surface area contributed by atoms with Crippen LogP contribution in [0.1, 0.15) is 483 Å². The summed E-state index contributed by atoms with van der Waals surface area (Å²) in [6.07, 6.45) is 97.3. The summed E-state index contributed by atoms with van der Waals surface area (Å²) in [6, 6.07) is 0. The van der Waals surface area contributed by atoms with E-state index >= 15 is 0 Å². The molecule has 0 aliphatic carbocycles. The van der Waals surface area contributed by atoms with Crippen molar-refractivity contribution >= 4 is 19.8 Å². The van der Waals surface area contributed by atoms with Gasteiger partial charge in [-0.15, -0.1) is 0 Å². The van der Waals surface area contributed by atoms with Gasteiger partial charge in [0.1, 0.15) is 19.8 Å². The van der Waals surface area contributed by atoms with Gasteiger partial charge in [-0.2, -0.15) is 0 Å². The summed E-state index contributed by atoms with van der Waals surface area (Å²) < 4.78 is 34.9. The molecule has 0 fully saturated rings. The Labute approximate surface area is 594 Å². The Morgan fingerprint density at radius 2 is 0.474 bits per heavy atom. The maximum Gasteiger partial charge on any atom is 0.472 e. The van der Waals surface area contributed by atoms with Gasteiger partial charge in [-0.3, -0.25) is 18.6 Å². The van der Waals surface area contributed by atoms with Crippen molar-refractivity contribution in [3.05, 3.63) is 0 Å². The molecule has 568 valence electrons. The first-order valence-electron chi connectivity index (χ1n) is 43.3. The van der Waals surface area contributed by atoms with Crippen LogP contribution in [0.3, 0.4) is 0 Å². The topological polar surface area (TPSA) is 108 Å². The summed E-state index contributed by atoms with van der Waals surface area (Å²) >= 11 is 0. The Morgan fingerprint density at radius 3 is 0.674 bits per heavy atom. The molecule has 0 aromatic carbocycles. The minimum absolute atomic E-state index is 0.0379. The van der Waals surface area contributed by atoms with Gasteiger partial charge >= 0.3 is 19.8 Å². The average molecular weight is 1370 g/mol. The SMILES string of the molecule is CCCCCCCCCCCCCCCCCCCCCCCCCCCCCCCCCCCCCCC(=O)OC(COC(=O)CCCCCCCCCCCCCCCCCCCCCCCCCCCCCCCCCCCCC)COP(=O)(O)OCC[N+](C)(C)C. The third kappa shape index (κ3) is 81.9. The van der Waals surface area contributed by atoms with Gasteiger partial charge in [-0.1, -0.05) is 457 Å². The fraction of sp³-hybridized carbons (Fsp3) is 0.976. The van der Waals surface area contributed by atoms with Crippen molar-refractivity contribution < 1.29 is 42.1 Å². The number of nitrogens with zero attached hydrogens (tertiary/aromatic N) is 1. The van der Waals surface area contributed by atoms with Crippen LogP contribution in [0.2, 0.25) is 0 Å². The Balaban J connectivity index is 3.84. The molecule has 0 aliphatic heterocycles. The minimum Gasteiger partial charge on any atom is -0.462 e. The highest BCUT2D eigenvalue weighted by Crippen LogP contribution is 2.43. The number of hydrogen-bond donors (Lipinski definition) is 1. The van der Waals surface area contributed by atoms with Crippen molar-refractivity contribution in [1.82, 2.24) is 0 Å². The van der Waals surface area contributed by atoms with Crippen LogP contribution >= 0.6 is 7.82 Å². The smallest absolute Gasteiger partial charge is 0.462 e. The lowest BCUT2D eigenvalue weighted by atomic mass is 10.0. The lowest BCUT2D eigenvalue weighted by Crippen LogP contribution is -2.37. The van der Waals surface area contributed by atoms with Crippen LogP contribution in [0.15, 0.2) is 0 Å². The molecule has 0 amide bonds. The normalized spacial score (nSPS) is 12.9. The van der Waals surface area contributed by atoms with Gasteiger partial charge in [-0.05, 0) is 12.8 Å². The molecule has 2 unspecified atom stereocenters. The minimum atomic E-state index is -4.39. The van der Waals surface area contributed by atoms with E-state index in [9.17, 15) is 19.0 Å². The standard InChI is InChI=1S/C85H170NO8P/c1-6-8-10-12-14-16-18-20-22-24-26-28-30-32-34-36-38-40-42-44-46-48-50-52-54-56-58-60-62-64-66-68-70-72-74-76-78-85(88)94-83(82-93-95(89,90)92-80-79-86(3,4)5)81-91-84(87)77-75-73-71-69-67-65-63-61-59-57-55-53-51-49-47-45-43-41-39-37-35-33-31-29-27-25-23-21-19-17-15-13-11-9-7-2/h83H,6-82H2,1-5H3/p+1. The van der Waals surface area contributed by atoms with Gasteiger partial charge in [0.25, 0.3) is 0 Å². The zero-order valence-electron chi connectivity index (χ0n) is 65.2. The molecule has 0 saturated heterocycles. The molecule has 0 bridgehead atoms. The Kier molecular flexibility index (Phi) is 76.4. The molecule has 0 spiro atoms. The molecule has 0 aromatic heterocycles. The predicted molar refractivity (Wildman–Crippen MR) is 414 cm³/mol. The summed E-state index contributed by atoms with van der Waals surface area (Å²) in [5.41, 5.74) is 0. The van der Waals surface area contributed by atoms with E-state index in [1.54, 1.807) is 0 Å². The molecule has 9 nitrogen and oxygen atoms in total. The van der Waals surface area contributed by atoms with E-state index in [4.69, 9.17) is 18.5 Å². The van der Waals surface area contributed by atoms with Crippen molar-refractivity contribution in [3.63, 3.8) is 0 Å². The molecule has 0 aromatic rings. The maximum atomic E-state index is 12.9. The summed E-state index contributed by atoms with van der Waals surface area (Å²) in [7, 11) is 1.51. The zero-order chi connectivity index (χ0) is 69.0. The van der Waals surface area contributed by atoms with E-state index < -0.39 is 26.5 Å². The molecule has 0 radical (unpaired) electrons. The third-order valence-electron chi connectivity index (χ3n) is 20.4. The van der Waals surface area contributed by atoms with Gasteiger partial charge in [-0.25, -0.2) is 4.57 Å². The number of hydrogen-bond acceptors (Lipinski definition) is 7. The summed E-state index contributed by atoms with van der Waals surface area (Å²) in [5.74, 6) is -0.763. The summed E-state index contributed by atoms with van der Waals surface area (Å²) in [4.78, 5) is 36.0. The van der Waals surface area contributed by atoms with Crippen molar-refractivity contribution in [2.24, 2.45) is 0 Å². The number of unbranched alkanes of at least 4 members (excludes halogenated alkanes) is 69. The van der Waals surface area contributed by atoms with E-state index in [0.29, 0.717) is 17.4 Å². The van der Waals surface area contributed by atoms with Crippen molar-refractivity contribution in [2.45, 2.75) is 489 Å². The predicted octanol–water partition coefficient (Wildman–Crippen LogP) is 28.8.